The van der Waals surface area contributed by atoms with Gasteiger partial charge in [0.2, 0.25) is 5.91 Å². The van der Waals surface area contributed by atoms with Gasteiger partial charge in [-0.25, -0.2) is 8.42 Å². The highest BCUT2D eigenvalue weighted by molar-refractivity contribution is 7.92. The molecule has 8 heteroatoms. The molecule has 126 valence electrons. The number of aliphatic carboxylic acids is 1. The summed E-state index contributed by atoms with van der Waals surface area (Å²) in [5, 5.41) is 9.50. The zero-order chi connectivity index (χ0) is 17.2. The standard InChI is InChI=1S/C15H18ClNO5S/c1-10-2-3-11(15(19)20)8-17(10)14(18)9-23(21,22)13-6-4-12(16)5-7-13/h4-7,10-11H,2-3,8-9H2,1H3,(H,19,20). The summed E-state index contributed by atoms with van der Waals surface area (Å²) in [6.07, 6.45) is 1.04. The van der Waals surface area contributed by atoms with Crippen molar-refractivity contribution in [2.24, 2.45) is 5.92 Å². The highest BCUT2D eigenvalue weighted by Gasteiger charge is 2.34. The molecule has 1 aromatic carbocycles. The van der Waals surface area contributed by atoms with E-state index in [1.165, 1.54) is 29.2 Å². The number of piperidine rings is 1. The molecule has 0 bridgehead atoms. The molecule has 1 heterocycles. The van der Waals surface area contributed by atoms with Crippen LogP contribution in [0.25, 0.3) is 0 Å². The van der Waals surface area contributed by atoms with Crippen LogP contribution in [0.4, 0.5) is 0 Å². The lowest BCUT2D eigenvalue weighted by Crippen LogP contribution is -2.49. The SMILES string of the molecule is CC1CCC(C(=O)O)CN1C(=O)CS(=O)(=O)c1ccc(Cl)cc1. The minimum absolute atomic E-state index is 0.0229. The molecular weight excluding hydrogens is 342 g/mol. The summed E-state index contributed by atoms with van der Waals surface area (Å²) in [6.45, 7) is 1.84. The number of carbonyl (C=O) groups excluding carboxylic acids is 1. The number of nitrogens with zero attached hydrogens (tertiary/aromatic N) is 1. The quantitative estimate of drug-likeness (QED) is 0.885. The van der Waals surface area contributed by atoms with Crippen LogP contribution >= 0.6 is 11.6 Å². The first-order valence-electron chi connectivity index (χ1n) is 7.21. The second-order valence-electron chi connectivity index (χ2n) is 5.72. The monoisotopic (exact) mass is 359 g/mol. The number of amides is 1. The van der Waals surface area contributed by atoms with E-state index in [0.717, 1.165) is 0 Å². The molecule has 0 aromatic heterocycles. The van der Waals surface area contributed by atoms with Crippen molar-refractivity contribution >= 4 is 33.3 Å². The first-order valence-corrected chi connectivity index (χ1v) is 9.24. The maximum Gasteiger partial charge on any atom is 0.308 e. The van der Waals surface area contributed by atoms with Gasteiger partial charge in [-0.3, -0.25) is 9.59 Å². The molecular formula is C15H18ClNO5S. The molecule has 2 rings (SSSR count). The smallest absolute Gasteiger partial charge is 0.308 e. The van der Waals surface area contributed by atoms with Gasteiger partial charge in [-0.05, 0) is 44.0 Å². The average molecular weight is 360 g/mol. The van der Waals surface area contributed by atoms with Crippen molar-refractivity contribution < 1.29 is 23.1 Å². The third-order valence-electron chi connectivity index (χ3n) is 4.04. The number of rotatable bonds is 4. The Morgan fingerprint density at radius 3 is 2.43 bits per heavy atom. The molecule has 6 nitrogen and oxygen atoms in total. The molecule has 1 aliphatic heterocycles. The Labute approximate surface area is 140 Å². The Morgan fingerprint density at radius 2 is 1.87 bits per heavy atom. The zero-order valence-electron chi connectivity index (χ0n) is 12.6. The zero-order valence-corrected chi connectivity index (χ0v) is 14.2. The fourth-order valence-electron chi connectivity index (χ4n) is 2.63. The number of sulfone groups is 1. The van der Waals surface area contributed by atoms with E-state index < -0.39 is 33.4 Å². The van der Waals surface area contributed by atoms with E-state index in [2.05, 4.69) is 0 Å². The summed E-state index contributed by atoms with van der Waals surface area (Å²) in [6, 6.07) is 5.43. The van der Waals surface area contributed by atoms with Gasteiger partial charge in [0.25, 0.3) is 0 Å². The molecule has 0 radical (unpaired) electrons. The molecule has 0 saturated carbocycles. The van der Waals surface area contributed by atoms with Crippen LogP contribution in [0.2, 0.25) is 5.02 Å². The summed E-state index contributed by atoms with van der Waals surface area (Å²) in [5.74, 6) is -2.85. The van der Waals surface area contributed by atoms with Crippen LogP contribution in [0.5, 0.6) is 0 Å². The van der Waals surface area contributed by atoms with Crippen molar-refractivity contribution in [3.63, 3.8) is 0 Å². The summed E-state index contributed by atoms with van der Waals surface area (Å²) in [5.41, 5.74) is 0. The van der Waals surface area contributed by atoms with Gasteiger partial charge in [0.1, 0.15) is 5.75 Å². The average Bonchev–Trinajstić information content (AvgIpc) is 2.47. The molecule has 2 atom stereocenters. The van der Waals surface area contributed by atoms with Gasteiger partial charge in [0, 0.05) is 17.6 Å². The van der Waals surface area contributed by atoms with Crippen molar-refractivity contribution in [3.05, 3.63) is 29.3 Å². The first-order chi connectivity index (χ1) is 10.7. The van der Waals surface area contributed by atoms with Crippen LogP contribution < -0.4 is 0 Å². The number of carboxylic acid groups (broad SMARTS) is 1. The van der Waals surface area contributed by atoms with Gasteiger partial charge < -0.3 is 10.0 Å². The molecule has 1 saturated heterocycles. The molecule has 23 heavy (non-hydrogen) atoms. The number of benzene rings is 1. The molecule has 0 aliphatic carbocycles. The largest absolute Gasteiger partial charge is 0.481 e. The fraction of sp³-hybridized carbons (Fsp3) is 0.467. The normalized spacial score (nSPS) is 21.9. The Balaban J connectivity index is 2.13. The number of hydrogen-bond acceptors (Lipinski definition) is 4. The van der Waals surface area contributed by atoms with Gasteiger partial charge >= 0.3 is 5.97 Å². The maximum absolute atomic E-state index is 12.4. The molecule has 1 N–H and O–H groups in total. The van der Waals surface area contributed by atoms with Gasteiger partial charge in [0.05, 0.1) is 10.8 Å². The highest BCUT2D eigenvalue weighted by atomic mass is 35.5. The molecule has 1 aliphatic rings. The van der Waals surface area contributed by atoms with Crippen molar-refractivity contribution in [2.75, 3.05) is 12.3 Å². The van der Waals surface area contributed by atoms with Crippen molar-refractivity contribution in [2.45, 2.75) is 30.7 Å². The molecule has 1 aromatic rings. The summed E-state index contributed by atoms with van der Waals surface area (Å²) < 4.78 is 24.6. The van der Waals surface area contributed by atoms with E-state index in [-0.39, 0.29) is 17.5 Å². The topological polar surface area (TPSA) is 91.8 Å². The molecule has 2 unspecified atom stereocenters. The van der Waals surface area contributed by atoms with E-state index in [4.69, 9.17) is 16.7 Å². The Kier molecular flexibility index (Phi) is 5.31. The minimum Gasteiger partial charge on any atom is -0.481 e. The van der Waals surface area contributed by atoms with Crippen LogP contribution in [0.3, 0.4) is 0 Å². The summed E-state index contributed by atoms with van der Waals surface area (Å²) >= 11 is 5.73. The predicted octanol–water partition coefficient (Wildman–Crippen LogP) is 1.83. The summed E-state index contributed by atoms with van der Waals surface area (Å²) in [7, 11) is -3.78. The number of likely N-dealkylation sites (tertiary alicyclic amines) is 1. The lowest BCUT2D eigenvalue weighted by atomic mass is 9.93. The van der Waals surface area contributed by atoms with E-state index in [1.807, 2.05) is 0 Å². The Morgan fingerprint density at radius 1 is 1.26 bits per heavy atom. The van der Waals surface area contributed by atoms with E-state index in [1.54, 1.807) is 6.92 Å². The summed E-state index contributed by atoms with van der Waals surface area (Å²) in [4.78, 5) is 24.8. The number of carbonyl (C=O) groups is 2. The minimum atomic E-state index is -3.78. The molecule has 1 fully saturated rings. The van der Waals surface area contributed by atoms with E-state index in [9.17, 15) is 18.0 Å². The van der Waals surface area contributed by atoms with Crippen LogP contribution in [-0.2, 0) is 19.4 Å². The van der Waals surface area contributed by atoms with Gasteiger partial charge in [-0.15, -0.1) is 0 Å². The third-order valence-corrected chi connectivity index (χ3v) is 5.91. The lowest BCUT2D eigenvalue weighted by molar-refractivity contribution is -0.146. The van der Waals surface area contributed by atoms with Crippen LogP contribution in [-0.4, -0.2) is 48.6 Å². The Hall–Kier alpha value is -1.60. The predicted molar refractivity (Wildman–Crippen MR) is 85.0 cm³/mol. The van der Waals surface area contributed by atoms with Crippen LogP contribution in [0.1, 0.15) is 19.8 Å². The second-order valence-corrected chi connectivity index (χ2v) is 8.15. The van der Waals surface area contributed by atoms with Crippen LogP contribution in [0, 0.1) is 5.92 Å². The highest BCUT2D eigenvalue weighted by Crippen LogP contribution is 2.23. The van der Waals surface area contributed by atoms with Gasteiger partial charge in [-0.1, -0.05) is 11.6 Å². The van der Waals surface area contributed by atoms with E-state index >= 15 is 0 Å². The molecule has 1 amide bonds. The Bertz CT molecular complexity index is 701. The van der Waals surface area contributed by atoms with Gasteiger partial charge in [-0.2, -0.15) is 0 Å². The number of hydrogen-bond donors (Lipinski definition) is 1. The first kappa shape index (κ1) is 17.7. The van der Waals surface area contributed by atoms with Crippen molar-refractivity contribution in [1.82, 2.24) is 4.90 Å². The second kappa shape index (κ2) is 6.88. The fourth-order valence-corrected chi connectivity index (χ4v) is 3.96. The number of halogens is 1. The van der Waals surface area contributed by atoms with Crippen molar-refractivity contribution in [1.29, 1.82) is 0 Å². The van der Waals surface area contributed by atoms with Crippen molar-refractivity contribution in [3.8, 4) is 0 Å². The van der Waals surface area contributed by atoms with E-state index in [0.29, 0.717) is 17.9 Å². The van der Waals surface area contributed by atoms with Gasteiger partial charge in [0.15, 0.2) is 9.84 Å². The molecule has 0 spiro atoms. The lowest BCUT2D eigenvalue weighted by Gasteiger charge is -2.36. The number of carboxylic acids is 1. The maximum atomic E-state index is 12.4. The third kappa shape index (κ3) is 4.23. The van der Waals surface area contributed by atoms with Crippen LogP contribution in [0.15, 0.2) is 29.2 Å².